The van der Waals surface area contributed by atoms with Gasteiger partial charge < -0.3 is 0 Å². The van der Waals surface area contributed by atoms with Crippen LogP contribution in [0.15, 0.2) is 0 Å². The molecule has 2 unspecified atom stereocenters. The fourth-order valence-electron chi connectivity index (χ4n) is 3.55. The van der Waals surface area contributed by atoms with Gasteiger partial charge in [0, 0.05) is 0 Å². The zero-order valence-corrected chi connectivity index (χ0v) is 9.26. The topological polar surface area (TPSA) is 0 Å². The van der Waals surface area contributed by atoms with Crippen LogP contribution in [0.25, 0.3) is 0 Å². The molecule has 0 aliphatic heterocycles. The minimum absolute atomic E-state index is 1.01. The Labute approximate surface area is 83.1 Å². The van der Waals surface area contributed by atoms with Gasteiger partial charge >= 0.3 is 0 Å². The number of rotatable bonds is 0. The van der Waals surface area contributed by atoms with E-state index in [2.05, 4.69) is 13.8 Å². The zero-order valence-electron chi connectivity index (χ0n) is 9.26. The van der Waals surface area contributed by atoms with E-state index in [1.54, 1.807) is 6.42 Å². The summed E-state index contributed by atoms with van der Waals surface area (Å²) in [6.07, 6.45) is 10.7. The fraction of sp³-hybridized carbons (Fsp3) is 1.00. The minimum atomic E-state index is 1.01. The van der Waals surface area contributed by atoms with Crippen molar-refractivity contribution < 1.29 is 0 Å². The molecule has 2 aliphatic carbocycles. The molecule has 2 saturated carbocycles. The molecule has 0 aromatic carbocycles. The van der Waals surface area contributed by atoms with Crippen molar-refractivity contribution in [2.24, 2.45) is 23.7 Å². The lowest BCUT2D eigenvalue weighted by atomic mass is 9.88. The van der Waals surface area contributed by atoms with Crippen LogP contribution in [0.2, 0.25) is 0 Å². The van der Waals surface area contributed by atoms with Gasteiger partial charge in [0.15, 0.2) is 0 Å². The summed E-state index contributed by atoms with van der Waals surface area (Å²) in [5, 5.41) is 0. The number of hydrogen-bond acceptors (Lipinski definition) is 0. The van der Waals surface area contributed by atoms with Crippen LogP contribution in [0.3, 0.4) is 0 Å². The second-order valence-corrected chi connectivity index (χ2v) is 5.80. The minimum Gasteiger partial charge on any atom is -0.0625 e. The lowest BCUT2D eigenvalue weighted by Crippen LogP contribution is -2.06. The average molecular weight is 180 g/mol. The summed E-state index contributed by atoms with van der Waals surface area (Å²) in [5.74, 6) is 4.21. The second kappa shape index (κ2) is 4.02. The van der Waals surface area contributed by atoms with Crippen molar-refractivity contribution in [1.29, 1.82) is 0 Å². The molecule has 13 heavy (non-hydrogen) atoms. The molecule has 2 aliphatic rings. The van der Waals surface area contributed by atoms with Crippen LogP contribution < -0.4 is 0 Å². The third-order valence-electron chi connectivity index (χ3n) is 4.27. The van der Waals surface area contributed by atoms with E-state index in [-0.39, 0.29) is 0 Å². The first kappa shape index (κ1) is 9.55. The first-order valence-corrected chi connectivity index (χ1v) is 6.24. The molecule has 0 heteroatoms. The van der Waals surface area contributed by atoms with Gasteiger partial charge in [-0.2, -0.15) is 0 Å². The quantitative estimate of drug-likeness (QED) is 0.523. The van der Waals surface area contributed by atoms with E-state index in [9.17, 15) is 0 Å². The molecular weight excluding hydrogens is 156 g/mol. The van der Waals surface area contributed by atoms with Crippen LogP contribution in [0.4, 0.5) is 0 Å². The zero-order chi connectivity index (χ0) is 9.26. The summed E-state index contributed by atoms with van der Waals surface area (Å²) in [4.78, 5) is 0. The van der Waals surface area contributed by atoms with Crippen molar-refractivity contribution in [3.8, 4) is 0 Å². The molecule has 2 rings (SSSR count). The molecule has 0 radical (unpaired) electrons. The van der Waals surface area contributed by atoms with Crippen LogP contribution in [-0.2, 0) is 0 Å². The van der Waals surface area contributed by atoms with E-state index >= 15 is 0 Å². The summed E-state index contributed by atoms with van der Waals surface area (Å²) in [5.41, 5.74) is 0. The Bertz CT molecular complexity index is 145. The SMILES string of the molecule is CC1CCC2CCC(C)CC(C1)C2. The average Bonchev–Trinajstić information content (AvgIpc) is 2.33. The predicted molar refractivity (Wildman–Crippen MR) is 57.6 cm³/mol. The predicted octanol–water partition coefficient (Wildman–Crippen LogP) is 4.25. The molecule has 0 heterocycles. The maximum absolute atomic E-state index is 2.46. The highest BCUT2D eigenvalue weighted by Crippen LogP contribution is 2.40. The summed E-state index contributed by atoms with van der Waals surface area (Å²) in [6, 6.07) is 0. The Morgan fingerprint density at radius 1 is 0.615 bits per heavy atom. The van der Waals surface area contributed by atoms with Crippen molar-refractivity contribution in [2.45, 2.75) is 58.8 Å². The standard InChI is InChI=1S/C13H24/c1-10-3-5-12-6-4-11(2)8-13(7-10)9-12/h10-13H,3-9H2,1-2H3. The smallest absolute Gasteiger partial charge is 0.0407 e. The van der Waals surface area contributed by atoms with Gasteiger partial charge in [-0.25, -0.2) is 0 Å². The highest BCUT2D eigenvalue weighted by molar-refractivity contribution is 4.79. The van der Waals surface area contributed by atoms with E-state index in [4.69, 9.17) is 0 Å². The normalized spacial score (nSPS) is 46.6. The molecule has 2 atom stereocenters. The van der Waals surface area contributed by atoms with Gasteiger partial charge in [-0.3, -0.25) is 0 Å². The molecule has 0 nitrogen and oxygen atoms in total. The molecule has 76 valence electrons. The van der Waals surface area contributed by atoms with Gasteiger partial charge in [0.1, 0.15) is 0 Å². The lowest BCUT2D eigenvalue weighted by Gasteiger charge is -2.18. The molecule has 2 fully saturated rings. The highest BCUT2D eigenvalue weighted by Gasteiger charge is 2.27. The Kier molecular flexibility index (Phi) is 2.96. The van der Waals surface area contributed by atoms with Crippen LogP contribution in [0.5, 0.6) is 0 Å². The van der Waals surface area contributed by atoms with E-state index < -0.39 is 0 Å². The molecule has 0 aromatic rings. The third-order valence-corrected chi connectivity index (χ3v) is 4.27. The van der Waals surface area contributed by atoms with Crippen LogP contribution in [0.1, 0.15) is 58.8 Å². The second-order valence-electron chi connectivity index (χ2n) is 5.80. The maximum Gasteiger partial charge on any atom is -0.0407 e. The third kappa shape index (κ3) is 2.48. The van der Waals surface area contributed by atoms with E-state index in [0.717, 1.165) is 23.7 Å². The highest BCUT2D eigenvalue weighted by atomic mass is 14.3. The van der Waals surface area contributed by atoms with Gasteiger partial charge in [0.25, 0.3) is 0 Å². The molecule has 0 aromatic heterocycles. The Morgan fingerprint density at radius 2 is 1.15 bits per heavy atom. The summed E-state index contributed by atoms with van der Waals surface area (Å²) in [7, 11) is 0. The monoisotopic (exact) mass is 180 g/mol. The van der Waals surface area contributed by atoms with Crippen molar-refractivity contribution >= 4 is 0 Å². The van der Waals surface area contributed by atoms with Crippen molar-refractivity contribution in [3.05, 3.63) is 0 Å². The molecule has 0 saturated heterocycles. The molecule has 0 spiro atoms. The van der Waals surface area contributed by atoms with Crippen molar-refractivity contribution in [2.75, 3.05) is 0 Å². The maximum atomic E-state index is 2.46. The first-order valence-electron chi connectivity index (χ1n) is 6.24. The number of fused-ring (bicyclic) bond motifs is 2. The van der Waals surface area contributed by atoms with Crippen LogP contribution in [-0.4, -0.2) is 0 Å². The fourth-order valence-corrected chi connectivity index (χ4v) is 3.55. The van der Waals surface area contributed by atoms with Crippen molar-refractivity contribution in [1.82, 2.24) is 0 Å². The van der Waals surface area contributed by atoms with Gasteiger partial charge in [-0.1, -0.05) is 39.5 Å². The van der Waals surface area contributed by atoms with Gasteiger partial charge in [-0.05, 0) is 42.9 Å². The first-order chi connectivity index (χ1) is 6.24. The van der Waals surface area contributed by atoms with E-state index in [1.165, 1.54) is 38.5 Å². The molecule has 0 N–H and O–H groups in total. The van der Waals surface area contributed by atoms with Crippen LogP contribution in [0, 0.1) is 23.7 Å². The largest absolute Gasteiger partial charge is 0.0625 e. The number of hydrogen-bond donors (Lipinski definition) is 0. The molecule has 2 bridgehead atoms. The Morgan fingerprint density at radius 3 is 1.69 bits per heavy atom. The summed E-state index contributed by atoms with van der Waals surface area (Å²) in [6.45, 7) is 4.92. The summed E-state index contributed by atoms with van der Waals surface area (Å²) >= 11 is 0. The molecule has 0 amide bonds. The van der Waals surface area contributed by atoms with Gasteiger partial charge in [0.2, 0.25) is 0 Å². The van der Waals surface area contributed by atoms with Crippen LogP contribution >= 0.6 is 0 Å². The lowest BCUT2D eigenvalue weighted by molar-refractivity contribution is 0.333. The van der Waals surface area contributed by atoms with E-state index in [0.29, 0.717) is 0 Å². The Balaban J connectivity index is 2.01. The summed E-state index contributed by atoms with van der Waals surface area (Å²) < 4.78 is 0. The van der Waals surface area contributed by atoms with Crippen molar-refractivity contribution in [3.63, 3.8) is 0 Å². The van der Waals surface area contributed by atoms with Gasteiger partial charge in [0.05, 0.1) is 0 Å². The Hall–Kier alpha value is 0. The van der Waals surface area contributed by atoms with E-state index in [1.807, 2.05) is 0 Å². The molecular formula is C13H24. The van der Waals surface area contributed by atoms with Gasteiger partial charge in [-0.15, -0.1) is 0 Å².